The van der Waals surface area contributed by atoms with Gasteiger partial charge < -0.3 is 9.08 Å². The van der Waals surface area contributed by atoms with Crippen LogP contribution in [-0.2, 0) is 10.1 Å². The summed E-state index contributed by atoms with van der Waals surface area (Å²) < 4.78 is 56.1. The van der Waals surface area contributed by atoms with Crippen LogP contribution in [0, 0.1) is 11.6 Å². The lowest BCUT2D eigenvalue weighted by atomic mass is 10.1. The van der Waals surface area contributed by atoms with Crippen LogP contribution >= 0.6 is 0 Å². The van der Waals surface area contributed by atoms with Gasteiger partial charge in [0.25, 0.3) is 0 Å². The Morgan fingerprint density at radius 3 is 2.28 bits per heavy atom. The third kappa shape index (κ3) is 5.97. The normalized spacial score (nSPS) is 14.3. The molecule has 174 valence electrons. The number of hydrogen-bond donors (Lipinski definition) is 0. The number of hydrogen-bond acceptors (Lipinski definition) is 4. The van der Waals surface area contributed by atoms with Gasteiger partial charge in [-0.1, -0.05) is 39.0 Å². The molecule has 1 aliphatic rings. The summed E-state index contributed by atoms with van der Waals surface area (Å²) in [5, 5.41) is 0. The van der Waals surface area contributed by atoms with E-state index in [9.17, 15) is 22.0 Å². The van der Waals surface area contributed by atoms with E-state index in [1.165, 1.54) is 49.9 Å². The van der Waals surface area contributed by atoms with Crippen LogP contribution in [0.3, 0.4) is 0 Å². The van der Waals surface area contributed by atoms with Gasteiger partial charge in [0, 0.05) is 31.4 Å². The highest BCUT2D eigenvalue weighted by atomic mass is 32.2. The molecule has 6 nitrogen and oxygen atoms in total. The van der Waals surface area contributed by atoms with Crippen LogP contribution in [0.2, 0.25) is 0 Å². The fourth-order valence-electron chi connectivity index (χ4n) is 3.61. The van der Waals surface area contributed by atoms with E-state index in [4.69, 9.17) is 4.18 Å². The summed E-state index contributed by atoms with van der Waals surface area (Å²) in [6.45, 7) is 4.06. The zero-order chi connectivity index (χ0) is 23.1. The molecule has 1 saturated heterocycles. The molecular weight excluding hydrogens is 438 g/mol. The first kappa shape index (κ1) is 24.0. The van der Waals surface area contributed by atoms with Crippen molar-refractivity contribution in [3.8, 4) is 5.75 Å². The summed E-state index contributed by atoms with van der Waals surface area (Å²) in [6.07, 6.45) is 6.94. The van der Waals surface area contributed by atoms with E-state index in [0.29, 0.717) is 24.8 Å². The van der Waals surface area contributed by atoms with Gasteiger partial charge in [-0.25, -0.2) is 13.6 Å². The Bertz CT molecular complexity index is 1030. The zero-order valence-electron chi connectivity index (χ0n) is 18.1. The maximum atomic E-state index is 13.3. The molecule has 0 spiro atoms. The number of benzene rings is 2. The minimum Gasteiger partial charge on any atom is -0.379 e. The molecule has 3 rings (SSSR count). The van der Waals surface area contributed by atoms with Crippen molar-refractivity contribution in [1.29, 1.82) is 0 Å². The van der Waals surface area contributed by atoms with Crippen molar-refractivity contribution in [2.24, 2.45) is 0 Å². The fraction of sp³-hybridized carbons (Fsp3) is 0.435. The summed E-state index contributed by atoms with van der Waals surface area (Å²) in [5.41, 5.74) is 0.590. The van der Waals surface area contributed by atoms with E-state index in [1.807, 2.05) is 4.90 Å². The number of rotatable bonds is 11. The van der Waals surface area contributed by atoms with Crippen molar-refractivity contribution in [3.05, 3.63) is 54.1 Å². The molecule has 1 aliphatic heterocycles. The van der Waals surface area contributed by atoms with Gasteiger partial charge in [0.15, 0.2) is 11.6 Å². The molecule has 0 saturated carbocycles. The maximum absolute atomic E-state index is 13.3. The van der Waals surface area contributed by atoms with E-state index < -0.39 is 21.8 Å². The number of urea groups is 1. The van der Waals surface area contributed by atoms with E-state index >= 15 is 0 Å². The Morgan fingerprint density at radius 1 is 0.906 bits per heavy atom. The fourth-order valence-corrected chi connectivity index (χ4v) is 4.53. The predicted octanol–water partition coefficient (Wildman–Crippen LogP) is 5.34. The number of carbonyl (C=O) groups excluding carboxylic acids is 1. The van der Waals surface area contributed by atoms with Gasteiger partial charge in [0.05, 0.1) is 0 Å². The quantitative estimate of drug-likeness (QED) is 0.331. The third-order valence-electron chi connectivity index (χ3n) is 5.41. The Labute approximate surface area is 187 Å². The van der Waals surface area contributed by atoms with E-state index in [0.717, 1.165) is 31.5 Å². The smallest absolute Gasteiger partial charge is 0.339 e. The lowest BCUT2D eigenvalue weighted by Crippen LogP contribution is -2.32. The summed E-state index contributed by atoms with van der Waals surface area (Å²) in [5.74, 6) is -2.63. The van der Waals surface area contributed by atoms with Crippen molar-refractivity contribution >= 4 is 21.8 Å². The van der Waals surface area contributed by atoms with E-state index in [-0.39, 0.29) is 16.7 Å². The van der Waals surface area contributed by atoms with Crippen LogP contribution in [0.15, 0.2) is 47.4 Å². The van der Waals surface area contributed by atoms with Crippen LogP contribution in [0.4, 0.5) is 19.3 Å². The highest BCUT2D eigenvalue weighted by Crippen LogP contribution is 2.25. The average Bonchev–Trinajstić information content (AvgIpc) is 3.13. The van der Waals surface area contributed by atoms with Gasteiger partial charge in [0.2, 0.25) is 0 Å². The van der Waals surface area contributed by atoms with E-state index in [1.54, 1.807) is 4.90 Å². The molecule has 0 aliphatic carbocycles. The van der Waals surface area contributed by atoms with Gasteiger partial charge >= 0.3 is 16.1 Å². The second-order valence-electron chi connectivity index (χ2n) is 7.80. The predicted molar refractivity (Wildman–Crippen MR) is 118 cm³/mol. The summed E-state index contributed by atoms with van der Waals surface area (Å²) >= 11 is 0. The molecule has 1 fully saturated rings. The minimum absolute atomic E-state index is 0.0906. The van der Waals surface area contributed by atoms with E-state index in [2.05, 4.69) is 6.92 Å². The monoisotopic (exact) mass is 466 g/mol. The number of unbranched alkanes of at least 4 members (excludes halogenated alkanes) is 5. The number of nitrogens with zero attached hydrogens (tertiary/aromatic N) is 2. The number of anilines is 1. The lowest BCUT2D eigenvalue weighted by Gasteiger charge is -2.19. The molecule has 0 unspecified atom stereocenters. The zero-order valence-corrected chi connectivity index (χ0v) is 18.9. The van der Waals surface area contributed by atoms with Crippen LogP contribution in [-0.4, -0.2) is 39.0 Å². The molecule has 0 atom stereocenters. The van der Waals surface area contributed by atoms with Crippen molar-refractivity contribution in [1.82, 2.24) is 4.90 Å². The summed E-state index contributed by atoms with van der Waals surface area (Å²) in [4.78, 5) is 16.0. The maximum Gasteiger partial charge on any atom is 0.339 e. The van der Waals surface area contributed by atoms with Crippen molar-refractivity contribution < 1.29 is 26.2 Å². The Kier molecular flexibility index (Phi) is 8.06. The Hall–Kier alpha value is -2.68. The van der Waals surface area contributed by atoms with Gasteiger partial charge in [0.1, 0.15) is 10.6 Å². The Balaban J connectivity index is 1.58. The van der Waals surface area contributed by atoms with Crippen LogP contribution < -0.4 is 9.08 Å². The van der Waals surface area contributed by atoms with Crippen LogP contribution in [0.1, 0.15) is 45.4 Å². The number of carbonyl (C=O) groups is 1. The van der Waals surface area contributed by atoms with Crippen LogP contribution in [0.25, 0.3) is 0 Å². The topological polar surface area (TPSA) is 66.9 Å². The molecule has 2 aromatic rings. The Morgan fingerprint density at radius 2 is 1.59 bits per heavy atom. The average molecular weight is 467 g/mol. The van der Waals surface area contributed by atoms with Crippen molar-refractivity contribution in [2.45, 2.75) is 50.3 Å². The standard InChI is InChI=1S/C23H28F2N2O4S/c1-2-3-4-5-6-7-14-26-15-16-27(23(26)28)18-8-11-20(12-9-18)32(29,30)31-19-10-13-21(24)22(25)17-19/h8-13,17H,2-7,14-16H2,1H3. The molecule has 32 heavy (non-hydrogen) atoms. The third-order valence-corrected chi connectivity index (χ3v) is 6.67. The van der Waals surface area contributed by atoms with Crippen LogP contribution in [0.5, 0.6) is 5.75 Å². The van der Waals surface area contributed by atoms with Gasteiger partial charge in [-0.05, 0) is 42.8 Å². The number of amides is 2. The first-order chi connectivity index (χ1) is 15.3. The van der Waals surface area contributed by atoms with Crippen molar-refractivity contribution in [3.63, 3.8) is 0 Å². The molecule has 0 bridgehead atoms. The van der Waals surface area contributed by atoms with Gasteiger partial charge in [-0.2, -0.15) is 8.42 Å². The minimum atomic E-state index is -4.23. The summed E-state index contributed by atoms with van der Waals surface area (Å²) in [7, 11) is -4.23. The molecule has 9 heteroatoms. The molecular formula is C23H28F2N2O4S. The number of halogens is 2. The van der Waals surface area contributed by atoms with Crippen molar-refractivity contribution in [2.75, 3.05) is 24.5 Å². The molecule has 1 heterocycles. The molecule has 0 N–H and O–H groups in total. The highest BCUT2D eigenvalue weighted by molar-refractivity contribution is 7.87. The van der Waals surface area contributed by atoms with Gasteiger partial charge in [-0.15, -0.1) is 0 Å². The summed E-state index contributed by atoms with van der Waals surface area (Å²) in [6, 6.07) is 8.13. The molecule has 0 aromatic heterocycles. The second-order valence-corrected chi connectivity index (χ2v) is 9.34. The molecule has 2 aromatic carbocycles. The SMILES string of the molecule is CCCCCCCCN1CCN(c2ccc(S(=O)(=O)Oc3ccc(F)c(F)c3)cc2)C1=O. The molecule has 0 radical (unpaired) electrons. The lowest BCUT2D eigenvalue weighted by molar-refractivity contribution is 0.219. The molecule has 2 amide bonds. The second kappa shape index (κ2) is 10.8. The largest absolute Gasteiger partial charge is 0.379 e. The first-order valence-electron chi connectivity index (χ1n) is 10.9. The first-order valence-corrected chi connectivity index (χ1v) is 12.3. The highest BCUT2D eigenvalue weighted by Gasteiger charge is 2.29. The van der Waals surface area contributed by atoms with Gasteiger partial charge in [-0.3, -0.25) is 4.90 Å².